The zero-order chi connectivity index (χ0) is 13.0. The molecule has 98 valence electrons. The minimum Gasteiger partial charge on any atom is -0.348 e. The first kappa shape index (κ1) is 13.7. The predicted molar refractivity (Wildman–Crippen MR) is 75.8 cm³/mol. The zero-order valence-corrected chi connectivity index (χ0v) is 11.8. The molecular formula is C15H20O2S. The number of thioether (sulfide) groups is 1. The van der Waals surface area contributed by atoms with Crippen LogP contribution in [-0.2, 0) is 9.47 Å². The van der Waals surface area contributed by atoms with Gasteiger partial charge in [0.05, 0.1) is 12.7 Å². The fourth-order valence-electron chi connectivity index (χ4n) is 1.96. The fraction of sp³-hybridized carbons (Fsp3) is 0.467. The highest BCUT2D eigenvalue weighted by Gasteiger charge is 2.36. The third-order valence-electron chi connectivity index (χ3n) is 3.00. The zero-order valence-electron chi connectivity index (χ0n) is 11.0. The van der Waals surface area contributed by atoms with E-state index >= 15 is 0 Å². The maximum absolute atomic E-state index is 5.88. The molecular weight excluding hydrogens is 244 g/mol. The summed E-state index contributed by atoms with van der Waals surface area (Å²) in [5.74, 6) is 0.831. The lowest BCUT2D eigenvalue weighted by Crippen LogP contribution is -2.26. The molecule has 1 aliphatic rings. The Morgan fingerprint density at radius 2 is 2.17 bits per heavy atom. The Hall–Kier alpha value is -0.770. The van der Waals surface area contributed by atoms with Gasteiger partial charge in [0.15, 0.2) is 5.79 Å². The maximum Gasteiger partial charge on any atom is 0.163 e. The van der Waals surface area contributed by atoms with Crippen molar-refractivity contribution in [1.29, 1.82) is 0 Å². The summed E-state index contributed by atoms with van der Waals surface area (Å²) in [5, 5.41) is 0. The summed E-state index contributed by atoms with van der Waals surface area (Å²) in [7, 11) is 0. The van der Waals surface area contributed by atoms with Crippen molar-refractivity contribution in [3.63, 3.8) is 0 Å². The number of benzene rings is 1. The highest BCUT2D eigenvalue weighted by molar-refractivity contribution is 7.99. The minimum atomic E-state index is -0.455. The van der Waals surface area contributed by atoms with Crippen molar-refractivity contribution in [2.24, 2.45) is 5.92 Å². The minimum absolute atomic E-state index is 0.119. The monoisotopic (exact) mass is 264 g/mol. The van der Waals surface area contributed by atoms with Crippen LogP contribution < -0.4 is 0 Å². The summed E-state index contributed by atoms with van der Waals surface area (Å²) in [6.45, 7) is 8.48. The molecule has 0 N–H and O–H groups in total. The van der Waals surface area contributed by atoms with Gasteiger partial charge in [0.1, 0.15) is 0 Å². The molecule has 0 radical (unpaired) electrons. The second-order valence-electron chi connectivity index (χ2n) is 4.89. The summed E-state index contributed by atoms with van der Waals surface area (Å²) in [4.78, 5) is 1.28. The van der Waals surface area contributed by atoms with Crippen molar-refractivity contribution < 1.29 is 9.47 Å². The van der Waals surface area contributed by atoms with Crippen molar-refractivity contribution >= 4 is 11.8 Å². The first-order valence-electron chi connectivity index (χ1n) is 6.23. The smallest absolute Gasteiger partial charge is 0.163 e. The molecule has 1 saturated heterocycles. The molecule has 2 atom stereocenters. The van der Waals surface area contributed by atoms with Gasteiger partial charge in [-0.15, -0.1) is 18.3 Å². The third kappa shape index (κ3) is 3.61. The molecule has 0 saturated carbocycles. The first-order valence-corrected chi connectivity index (χ1v) is 7.21. The van der Waals surface area contributed by atoms with Crippen molar-refractivity contribution in [2.75, 3.05) is 12.4 Å². The summed E-state index contributed by atoms with van der Waals surface area (Å²) in [6.07, 6.45) is 2.10. The molecule has 1 aromatic rings. The lowest BCUT2D eigenvalue weighted by Gasteiger charge is -2.21. The molecule has 0 amide bonds. The lowest BCUT2D eigenvalue weighted by molar-refractivity contribution is -0.141. The maximum atomic E-state index is 5.88. The van der Waals surface area contributed by atoms with Gasteiger partial charge in [0, 0.05) is 16.6 Å². The van der Waals surface area contributed by atoms with Crippen molar-refractivity contribution in [3.8, 4) is 0 Å². The Bertz CT molecular complexity index is 389. The summed E-state index contributed by atoms with van der Waals surface area (Å²) in [5.41, 5.74) is 0. The van der Waals surface area contributed by atoms with Crippen molar-refractivity contribution in [1.82, 2.24) is 0 Å². The van der Waals surface area contributed by atoms with Crippen molar-refractivity contribution in [3.05, 3.63) is 43.0 Å². The molecule has 0 spiro atoms. The predicted octanol–water partition coefficient (Wildman–Crippen LogP) is 3.73. The molecule has 18 heavy (non-hydrogen) atoms. The molecule has 3 heteroatoms. The quantitative estimate of drug-likeness (QED) is 0.596. The largest absolute Gasteiger partial charge is 0.348 e. The van der Waals surface area contributed by atoms with Crippen LogP contribution >= 0.6 is 11.8 Å². The molecule has 1 aromatic carbocycles. The second-order valence-corrected chi connectivity index (χ2v) is 5.98. The molecule has 0 aromatic heterocycles. The second kappa shape index (κ2) is 5.91. The van der Waals surface area contributed by atoms with E-state index in [0.29, 0.717) is 12.5 Å². The molecule has 1 fully saturated rings. The van der Waals surface area contributed by atoms with Crippen LogP contribution in [0.25, 0.3) is 0 Å². The van der Waals surface area contributed by atoms with Gasteiger partial charge < -0.3 is 9.47 Å². The lowest BCUT2D eigenvalue weighted by atomic mass is 10.1. The highest BCUT2D eigenvalue weighted by atomic mass is 32.2. The van der Waals surface area contributed by atoms with E-state index in [2.05, 4.69) is 30.8 Å². The number of rotatable bonds is 5. The topological polar surface area (TPSA) is 18.5 Å². The SMILES string of the molecule is C=C[C@H](CSc1ccccc1)[C@H]1COC(C)(C)O1. The van der Waals surface area contributed by atoms with E-state index in [4.69, 9.17) is 9.47 Å². The average Bonchev–Trinajstić information content (AvgIpc) is 2.72. The van der Waals surface area contributed by atoms with Crippen LogP contribution in [0.4, 0.5) is 0 Å². The van der Waals surface area contributed by atoms with Crippen LogP contribution in [0.15, 0.2) is 47.9 Å². The van der Waals surface area contributed by atoms with Gasteiger partial charge >= 0.3 is 0 Å². The Morgan fingerprint density at radius 1 is 1.44 bits per heavy atom. The van der Waals surface area contributed by atoms with Crippen LogP contribution in [0.3, 0.4) is 0 Å². The standard InChI is InChI=1S/C15H20O2S/c1-4-12(14-10-16-15(2,3)17-14)11-18-13-8-6-5-7-9-13/h4-9,12,14H,1,10-11H2,2-3H3/t12-,14-/m1/s1. The van der Waals surface area contributed by atoms with Crippen LogP contribution in [0.1, 0.15) is 13.8 Å². The van der Waals surface area contributed by atoms with Gasteiger partial charge in [-0.25, -0.2) is 0 Å². The summed E-state index contributed by atoms with van der Waals surface area (Å²) >= 11 is 1.83. The van der Waals surface area contributed by atoms with E-state index in [1.54, 1.807) is 0 Å². The van der Waals surface area contributed by atoms with Crippen LogP contribution in [0.2, 0.25) is 0 Å². The van der Waals surface area contributed by atoms with Gasteiger partial charge in [-0.1, -0.05) is 24.3 Å². The van der Waals surface area contributed by atoms with Crippen molar-refractivity contribution in [2.45, 2.75) is 30.6 Å². The van der Waals surface area contributed by atoms with Gasteiger partial charge in [-0.3, -0.25) is 0 Å². The van der Waals surface area contributed by atoms with Crippen LogP contribution in [-0.4, -0.2) is 24.3 Å². The van der Waals surface area contributed by atoms with E-state index in [9.17, 15) is 0 Å². The van der Waals surface area contributed by atoms with E-state index in [0.717, 1.165) is 5.75 Å². The Morgan fingerprint density at radius 3 is 2.72 bits per heavy atom. The molecule has 0 aliphatic carbocycles. The normalized spacial score (nSPS) is 23.8. The van der Waals surface area contributed by atoms with Gasteiger partial charge in [-0.2, -0.15) is 0 Å². The molecule has 2 nitrogen and oxygen atoms in total. The van der Waals surface area contributed by atoms with Gasteiger partial charge in [-0.05, 0) is 26.0 Å². The molecule has 0 unspecified atom stereocenters. The number of ether oxygens (including phenoxy) is 2. The van der Waals surface area contributed by atoms with E-state index in [1.807, 2.05) is 37.8 Å². The summed E-state index contributed by atoms with van der Waals surface area (Å²) in [6, 6.07) is 10.4. The average molecular weight is 264 g/mol. The number of hydrogen-bond donors (Lipinski definition) is 0. The van der Waals surface area contributed by atoms with E-state index in [1.165, 1.54) is 4.90 Å². The van der Waals surface area contributed by atoms with Gasteiger partial charge in [0.25, 0.3) is 0 Å². The van der Waals surface area contributed by atoms with Gasteiger partial charge in [0.2, 0.25) is 0 Å². The molecule has 0 bridgehead atoms. The highest BCUT2D eigenvalue weighted by Crippen LogP contribution is 2.30. The Balaban J connectivity index is 1.89. The third-order valence-corrected chi connectivity index (χ3v) is 4.15. The van der Waals surface area contributed by atoms with E-state index < -0.39 is 5.79 Å². The fourth-order valence-corrected chi connectivity index (χ4v) is 3.05. The van der Waals surface area contributed by atoms with Crippen LogP contribution in [0, 0.1) is 5.92 Å². The summed E-state index contributed by atoms with van der Waals surface area (Å²) < 4.78 is 11.5. The first-order chi connectivity index (χ1) is 8.61. The number of hydrogen-bond acceptors (Lipinski definition) is 3. The molecule has 1 aliphatic heterocycles. The van der Waals surface area contributed by atoms with Crippen LogP contribution in [0.5, 0.6) is 0 Å². The molecule has 2 rings (SSSR count). The Labute approximate surface area is 113 Å². The Kier molecular flexibility index (Phi) is 4.49. The molecule has 1 heterocycles. The van der Waals surface area contributed by atoms with E-state index in [-0.39, 0.29) is 6.10 Å².